The van der Waals surface area contributed by atoms with E-state index in [4.69, 9.17) is 14.2 Å². The number of ether oxygens (including phenoxy) is 3. The first-order chi connectivity index (χ1) is 11.2. The number of halogens is 1. The van der Waals surface area contributed by atoms with Crippen molar-refractivity contribution in [2.75, 3.05) is 25.1 Å². The zero-order valence-electron chi connectivity index (χ0n) is 12.8. The Morgan fingerprint density at radius 2 is 1.74 bits per heavy atom. The van der Waals surface area contributed by atoms with E-state index in [0.717, 1.165) is 10.2 Å². The highest BCUT2D eigenvalue weighted by molar-refractivity contribution is 9.10. The molecule has 0 heterocycles. The summed E-state index contributed by atoms with van der Waals surface area (Å²) in [5.41, 5.74) is 0.620. The van der Waals surface area contributed by atoms with Crippen molar-refractivity contribution >= 4 is 27.7 Å². The lowest BCUT2D eigenvalue weighted by molar-refractivity contribution is 0.168. The summed E-state index contributed by atoms with van der Waals surface area (Å²) >= 11 is 3.37. The van der Waals surface area contributed by atoms with Gasteiger partial charge in [-0.1, -0.05) is 22.0 Å². The van der Waals surface area contributed by atoms with E-state index in [1.54, 1.807) is 25.1 Å². The van der Waals surface area contributed by atoms with Crippen LogP contribution in [0, 0.1) is 0 Å². The van der Waals surface area contributed by atoms with Gasteiger partial charge in [-0.2, -0.15) is 0 Å². The van der Waals surface area contributed by atoms with Crippen LogP contribution >= 0.6 is 15.9 Å². The van der Waals surface area contributed by atoms with Crippen molar-refractivity contribution in [3.05, 3.63) is 53.0 Å². The minimum Gasteiger partial charge on any atom is -0.490 e. The number of hydrogen-bond acceptors (Lipinski definition) is 4. The SMILES string of the molecule is CCOC(=O)Nc1cccc(OCCOc2ccc(Br)cc2)c1. The third-order valence-corrected chi connectivity index (χ3v) is 3.32. The standard InChI is InChI=1S/C17H18BrNO4/c1-2-21-17(20)19-14-4-3-5-16(12-14)23-11-10-22-15-8-6-13(18)7-9-15/h3-9,12H,2,10-11H2,1H3,(H,19,20). The van der Waals surface area contributed by atoms with E-state index < -0.39 is 6.09 Å². The first kappa shape index (κ1) is 17.1. The number of nitrogens with one attached hydrogen (secondary N) is 1. The Bertz CT molecular complexity index is 631. The zero-order valence-corrected chi connectivity index (χ0v) is 14.3. The molecule has 5 nitrogen and oxygen atoms in total. The Labute approximate surface area is 143 Å². The molecule has 0 atom stereocenters. The quantitative estimate of drug-likeness (QED) is 0.720. The molecule has 1 amide bonds. The fraction of sp³-hybridized carbons (Fsp3) is 0.235. The molecule has 1 N–H and O–H groups in total. The van der Waals surface area contributed by atoms with Crippen LogP contribution in [-0.2, 0) is 4.74 Å². The van der Waals surface area contributed by atoms with Crippen LogP contribution in [0.2, 0.25) is 0 Å². The first-order valence-electron chi connectivity index (χ1n) is 7.22. The van der Waals surface area contributed by atoms with E-state index in [9.17, 15) is 4.79 Å². The van der Waals surface area contributed by atoms with E-state index in [2.05, 4.69) is 21.2 Å². The predicted molar refractivity (Wildman–Crippen MR) is 92.2 cm³/mol. The van der Waals surface area contributed by atoms with Gasteiger partial charge in [-0.25, -0.2) is 4.79 Å². The van der Waals surface area contributed by atoms with Crippen molar-refractivity contribution in [2.45, 2.75) is 6.92 Å². The Morgan fingerprint density at radius 3 is 2.43 bits per heavy atom. The Kier molecular flexibility index (Phi) is 6.75. The van der Waals surface area contributed by atoms with Crippen LogP contribution in [0.5, 0.6) is 11.5 Å². The minimum absolute atomic E-state index is 0.329. The van der Waals surface area contributed by atoms with E-state index in [1.807, 2.05) is 30.3 Å². The molecule has 0 saturated carbocycles. The van der Waals surface area contributed by atoms with Crippen molar-refractivity contribution in [3.63, 3.8) is 0 Å². The summed E-state index contributed by atoms with van der Waals surface area (Å²) in [4.78, 5) is 11.4. The van der Waals surface area contributed by atoms with E-state index in [-0.39, 0.29) is 0 Å². The summed E-state index contributed by atoms with van der Waals surface area (Å²) in [7, 11) is 0. The van der Waals surface area contributed by atoms with Crippen LogP contribution in [0.25, 0.3) is 0 Å². The summed E-state index contributed by atoms with van der Waals surface area (Å²) in [5, 5.41) is 2.63. The number of amides is 1. The maximum atomic E-state index is 11.4. The summed E-state index contributed by atoms with van der Waals surface area (Å²) in [6.07, 6.45) is -0.483. The summed E-state index contributed by atoms with van der Waals surface area (Å²) < 4.78 is 17.0. The molecule has 0 aliphatic carbocycles. The molecule has 0 aliphatic rings. The molecule has 2 rings (SSSR count). The van der Waals surface area contributed by atoms with Crippen molar-refractivity contribution in [2.24, 2.45) is 0 Å². The van der Waals surface area contributed by atoms with E-state index in [0.29, 0.717) is 31.3 Å². The molecule has 0 unspecified atom stereocenters. The highest BCUT2D eigenvalue weighted by Crippen LogP contribution is 2.18. The lowest BCUT2D eigenvalue weighted by atomic mass is 10.3. The van der Waals surface area contributed by atoms with E-state index in [1.165, 1.54) is 0 Å². The number of carbonyl (C=O) groups is 1. The van der Waals surface area contributed by atoms with Gasteiger partial charge in [-0.05, 0) is 43.3 Å². The number of benzene rings is 2. The van der Waals surface area contributed by atoms with Crippen LogP contribution in [0.15, 0.2) is 53.0 Å². The molecule has 0 spiro atoms. The van der Waals surface area contributed by atoms with Gasteiger partial charge in [0.05, 0.1) is 6.61 Å². The number of carbonyl (C=O) groups excluding carboxylic acids is 1. The van der Waals surface area contributed by atoms with Crippen molar-refractivity contribution in [3.8, 4) is 11.5 Å². The fourth-order valence-corrected chi connectivity index (χ4v) is 2.06. The molecular formula is C17H18BrNO4. The molecule has 0 fully saturated rings. The predicted octanol–water partition coefficient (Wildman–Crippen LogP) is 4.48. The fourth-order valence-electron chi connectivity index (χ4n) is 1.80. The lowest BCUT2D eigenvalue weighted by Gasteiger charge is -2.10. The van der Waals surface area contributed by atoms with Gasteiger partial charge < -0.3 is 14.2 Å². The molecule has 122 valence electrons. The molecule has 2 aromatic rings. The van der Waals surface area contributed by atoms with Crippen molar-refractivity contribution in [1.82, 2.24) is 0 Å². The normalized spacial score (nSPS) is 10.0. The molecule has 6 heteroatoms. The van der Waals surface area contributed by atoms with Crippen LogP contribution in [0.1, 0.15) is 6.92 Å². The second kappa shape index (κ2) is 9.05. The average molecular weight is 380 g/mol. The van der Waals surface area contributed by atoms with Crippen LogP contribution in [-0.4, -0.2) is 25.9 Å². The molecule has 2 aromatic carbocycles. The number of rotatable bonds is 7. The first-order valence-corrected chi connectivity index (χ1v) is 8.01. The Hall–Kier alpha value is -2.21. The van der Waals surface area contributed by atoms with Gasteiger partial charge >= 0.3 is 6.09 Å². The monoisotopic (exact) mass is 379 g/mol. The van der Waals surface area contributed by atoms with Gasteiger partial charge in [-0.15, -0.1) is 0 Å². The van der Waals surface area contributed by atoms with Gasteiger partial charge in [0, 0.05) is 16.2 Å². The Morgan fingerprint density at radius 1 is 1.04 bits per heavy atom. The highest BCUT2D eigenvalue weighted by Gasteiger charge is 2.03. The molecule has 0 radical (unpaired) electrons. The van der Waals surface area contributed by atoms with Crippen LogP contribution < -0.4 is 14.8 Å². The van der Waals surface area contributed by atoms with Crippen molar-refractivity contribution < 1.29 is 19.0 Å². The van der Waals surface area contributed by atoms with Gasteiger partial charge in [0.15, 0.2) is 0 Å². The third-order valence-electron chi connectivity index (χ3n) is 2.79. The summed E-state index contributed by atoms with van der Waals surface area (Å²) in [6.45, 7) is 2.91. The maximum Gasteiger partial charge on any atom is 0.411 e. The van der Waals surface area contributed by atoms with Crippen LogP contribution in [0.3, 0.4) is 0 Å². The largest absolute Gasteiger partial charge is 0.490 e. The van der Waals surface area contributed by atoms with Gasteiger partial charge in [-0.3, -0.25) is 5.32 Å². The van der Waals surface area contributed by atoms with Gasteiger partial charge in [0.1, 0.15) is 24.7 Å². The van der Waals surface area contributed by atoms with E-state index >= 15 is 0 Å². The number of hydrogen-bond donors (Lipinski definition) is 1. The molecule has 0 bridgehead atoms. The summed E-state index contributed by atoms with van der Waals surface area (Å²) in [6, 6.07) is 14.7. The van der Waals surface area contributed by atoms with Crippen molar-refractivity contribution in [1.29, 1.82) is 0 Å². The average Bonchev–Trinajstić information content (AvgIpc) is 2.54. The second-order valence-electron chi connectivity index (χ2n) is 4.52. The minimum atomic E-state index is -0.483. The Balaban J connectivity index is 1.77. The molecule has 23 heavy (non-hydrogen) atoms. The molecular weight excluding hydrogens is 362 g/mol. The van der Waals surface area contributed by atoms with Gasteiger partial charge in [0.2, 0.25) is 0 Å². The van der Waals surface area contributed by atoms with Crippen LogP contribution in [0.4, 0.5) is 10.5 Å². The second-order valence-corrected chi connectivity index (χ2v) is 5.44. The maximum absolute atomic E-state index is 11.4. The molecule has 0 aliphatic heterocycles. The lowest BCUT2D eigenvalue weighted by Crippen LogP contribution is -2.13. The topological polar surface area (TPSA) is 56.8 Å². The molecule has 0 aromatic heterocycles. The van der Waals surface area contributed by atoms with Gasteiger partial charge in [0.25, 0.3) is 0 Å². The third kappa shape index (κ3) is 6.20. The zero-order chi connectivity index (χ0) is 16.5. The smallest absolute Gasteiger partial charge is 0.411 e. The number of anilines is 1. The summed E-state index contributed by atoms with van der Waals surface area (Å²) in [5.74, 6) is 1.44. The highest BCUT2D eigenvalue weighted by atomic mass is 79.9. The molecule has 0 saturated heterocycles.